The van der Waals surface area contributed by atoms with Crippen molar-refractivity contribution in [3.05, 3.63) is 28.2 Å². The van der Waals surface area contributed by atoms with Crippen LogP contribution in [0.25, 0.3) is 0 Å². The van der Waals surface area contributed by atoms with E-state index in [-0.39, 0.29) is 5.92 Å². The molecule has 1 aromatic rings. The van der Waals surface area contributed by atoms with E-state index in [4.69, 9.17) is 28.9 Å². The molecule has 0 fully saturated rings. The Bertz CT molecular complexity index is 474. The van der Waals surface area contributed by atoms with Crippen molar-refractivity contribution in [1.29, 1.82) is 0 Å². The van der Waals surface area contributed by atoms with Gasteiger partial charge in [-0.25, -0.2) is 4.79 Å². The number of rotatable bonds is 4. The van der Waals surface area contributed by atoms with Gasteiger partial charge in [-0.2, -0.15) is 0 Å². The van der Waals surface area contributed by atoms with Gasteiger partial charge < -0.3 is 5.73 Å². The minimum atomic E-state index is -0.874. The van der Waals surface area contributed by atoms with Gasteiger partial charge in [-0.05, 0) is 18.1 Å². The molecule has 7 heteroatoms. The van der Waals surface area contributed by atoms with E-state index in [9.17, 15) is 9.59 Å². The van der Waals surface area contributed by atoms with Crippen molar-refractivity contribution in [2.45, 2.75) is 24.0 Å². The quantitative estimate of drug-likeness (QED) is 0.836. The van der Waals surface area contributed by atoms with Gasteiger partial charge in [0.15, 0.2) is 0 Å². The van der Waals surface area contributed by atoms with Gasteiger partial charge in [-0.15, -0.1) is 11.8 Å². The standard InChI is InChI=1S/C12H14Cl2N2O2S/c1-6(2)9(11(17)16-12(15)18)19-10-7(13)4-3-5-8(10)14/h3-6,9H,1-2H3,(H3,15,16,17,18). The van der Waals surface area contributed by atoms with Crippen molar-refractivity contribution < 1.29 is 9.59 Å². The molecular weight excluding hydrogens is 307 g/mol. The molecule has 3 amide bonds. The summed E-state index contributed by atoms with van der Waals surface area (Å²) in [5, 5.41) is 2.50. The molecule has 0 aromatic heterocycles. The van der Waals surface area contributed by atoms with Crippen LogP contribution in [0.3, 0.4) is 0 Å². The van der Waals surface area contributed by atoms with Crippen LogP contribution in [0.5, 0.6) is 0 Å². The normalized spacial score (nSPS) is 12.3. The van der Waals surface area contributed by atoms with Crippen LogP contribution in [0.2, 0.25) is 10.0 Å². The molecule has 1 atom stereocenters. The molecule has 0 spiro atoms. The highest BCUT2D eigenvalue weighted by Gasteiger charge is 2.26. The van der Waals surface area contributed by atoms with Crippen LogP contribution in [-0.2, 0) is 4.79 Å². The second-order valence-electron chi connectivity index (χ2n) is 4.19. The van der Waals surface area contributed by atoms with Crippen LogP contribution in [0.4, 0.5) is 4.79 Å². The van der Waals surface area contributed by atoms with Crippen LogP contribution < -0.4 is 11.1 Å². The fourth-order valence-electron chi connectivity index (χ4n) is 1.41. The fourth-order valence-corrected chi connectivity index (χ4v) is 3.13. The minimum Gasteiger partial charge on any atom is -0.351 e. The number of hydrogen-bond acceptors (Lipinski definition) is 3. The summed E-state index contributed by atoms with van der Waals surface area (Å²) in [5.41, 5.74) is 4.95. The van der Waals surface area contributed by atoms with E-state index in [0.29, 0.717) is 14.9 Å². The summed E-state index contributed by atoms with van der Waals surface area (Å²) in [6.45, 7) is 3.73. The molecule has 0 aliphatic rings. The Hall–Kier alpha value is -0.910. The lowest BCUT2D eigenvalue weighted by molar-refractivity contribution is -0.120. The van der Waals surface area contributed by atoms with E-state index in [1.165, 1.54) is 11.8 Å². The second-order valence-corrected chi connectivity index (χ2v) is 6.15. The zero-order valence-electron chi connectivity index (χ0n) is 10.4. The number of imide groups is 1. The minimum absolute atomic E-state index is 0.0170. The number of carbonyl (C=O) groups excluding carboxylic acids is 2. The van der Waals surface area contributed by atoms with Crippen LogP contribution in [-0.4, -0.2) is 17.2 Å². The van der Waals surface area contributed by atoms with Crippen molar-refractivity contribution in [1.82, 2.24) is 5.32 Å². The first-order valence-corrected chi connectivity index (χ1v) is 7.17. The highest BCUT2D eigenvalue weighted by atomic mass is 35.5. The summed E-state index contributed by atoms with van der Waals surface area (Å²) in [6, 6.07) is 4.24. The molecule has 104 valence electrons. The van der Waals surface area contributed by atoms with Gasteiger partial charge in [0, 0.05) is 4.90 Å². The van der Waals surface area contributed by atoms with Gasteiger partial charge in [0.1, 0.15) is 0 Å². The third-order valence-electron chi connectivity index (χ3n) is 2.27. The predicted molar refractivity (Wildman–Crippen MR) is 78.7 cm³/mol. The Balaban J connectivity index is 2.96. The molecular formula is C12H14Cl2N2O2S. The summed E-state index contributed by atoms with van der Waals surface area (Å²) in [4.78, 5) is 23.3. The summed E-state index contributed by atoms with van der Waals surface area (Å²) < 4.78 is 0. The van der Waals surface area contributed by atoms with Crippen molar-refractivity contribution in [3.8, 4) is 0 Å². The number of nitrogens with one attached hydrogen (secondary N) is 1. The third kappa shape index (κ3) is 4.60. The van der Waals surface area contributed by atoms with Gasteiger partial charge in [0.05, 0.1) is 15.3 Å². The van der Waals surface area contributed by atoms with Crippen molar-refractivity contribution in [3.63, 3.8) is 0 Å². The maximum Gasteiger partial charge on any atom is 0.318 e. The molecule has 1 aromatic carbocycles. The van der Waals surface area contributed by atoms with E-state index >= 15 is 0 Å². The van der Waals surface area contributed by atoms with Crippen LogP contribution in [0, 0.1) is 5.92 Å². The zero-order valence-corrected chi connectivity index (χ0v) is 12.8. The monoisotopic (exact) mass is 320 g/mol. The number of primary amides is 1. The van der Waals surface area contributed by atoms with Crippen LogP contribution in [0.1, 0.15) is 13.8 Å². The molecule has 0 saturated heterocycles. The Kier molecular flexibility index (Phi) is 5.97. The van der Waals surface area contributed by atoms with E-state index in [1.807, 2.05) is 13.8 Å². The lowest BCUT2D eigenvalue weighted by Crippen LogP contribution is -2.42. The van der Waals surface area contributed by atoms with E-state index in [0.717, 1.165) is 0 Å². The number of halogens is 2. The second kappa shape index (κ2) is 7.03. The molecule has 0 heterocycles. The lowest BCUT2D eigenvalue weighted by atomic mass is 10.1. The topological polar surface area (TPSA) is 72.2 Å². The molecule has 0 radical (unpaired) electrons. The third-order valence-corrected chi connectivity index (χ3v) is 4.82. The number of hydrogen-bond donors (Lipinski definition) is 2. The summed E-state index contributed by atoms with van der Waals surface area (Å²) in [7, 11) is 0. The Morgan fingerprint density at radius 2 is 1.79 bits per heavy atom. The van der Waals surface area contributed by atoms with Crippen LogP contribution >= 0.6 is 35.0 Å². The molecule has 0 saturated carbocycles. The van der Waals surface area contributed by atoms with E-state index < -0.39 is 17.2 Å². The van der Waals surface area contributed by atoms with E-state index in [1.54, 1.807) is 18.2 Å². The van der Waals surface area contributed by atoms with Crippen molar-refractivity contribution in [2.24, 2.45) is 11.7 Å². The smallest absolute Gasteiger partial charge is 0.318 e. The van der Waals surface area contributed by atoms with Gasteiger partial charge in [-0.3, -0.25) is 10.1 Å². The molecule has 0 aliphatic heterocycles. The van der Waals surface area contributed by atoms with Gasteiger partial charge in [0.25, 0.3) is 0 Å². The van der Waals surface area contributed by atoms with Gasteiger partial charge >= 0.3 is 6.03 Å². The van der Waals surface area contributed by atoms with Crippen molar-refractivity contribution >= 4 is 46.9 Å². The average molecular weight is 321 g/mol. The number of urea groups is 1. The molecule has 4 nitrogen and oxygen atoms in total. The number of nitrogens with two attached hydrogens (primary N) is 1. The van der Waals surface area contributed by atoms with Crippen LogP contribution in [0.15, 0.2) is 23.1 Å². The van der Waals surface area contributed by atoms with Gasteiger partial charge in [-0.1, -0.05) is 43.1 Å². The molecule has 0 bridgehead atoms. The number of carbonyl (C=O) groups is 2. The Morgan fingerprint density at radius 3 is 2.21 bits per heavy atom. The largest absolute Gasteiger partial charge is 0.351 e. The Labute approximate surface area is 126 Å². The molecule has 19 heavy (non-hydrogen) atoms. The summed E-state index contributed by atoms with van der Waals surface area (Å²) in [6.07, 6.45) is 0. The number of benzene rings is 1. The first-order valence-electron chi connectivity index (χ1n) is 5.54. The van der Waals surface area contributed by atoms with Gasteiger partial charge in [0.2, 0.25) is 5.91 Å². The molecule has 3 N–H and O–H groups in total. The molecule has 1 unspecified atom stereocenters. The first-order chi connectivity index (χ1) is 8.82. The lowest BCUT2D eigenvalue weighted by Gasteiger charge is -2.19. The van der Waals surface area contributed by atoms with E-state index in [2.05, 4.69) is 5.32 Å². The maximum absolute atomic E-state index is 11.9. The number of amides is 3. The fraction of sp³-hybridized carbons (Fsp3) is 0.333. The SMILES string of the molecule is CC(C)C(Sc1c(Cl)cccc1Cl)C(=O)NC(N)=O. The summed E-state index contributed by atoms with van der Waals surface area (Å²) >= 11 is 13.3. The maximum atomic E-state index is 11.9. The average Bonchev–Trinajstić information content (AvgIpc) is 2.26. The zero-order chi connectivity index (χ0) is 14.6. The molecule has 0 aliphatic carbocycles. The highest BCUT2D eigenvalue weighted by Crippen LogP contribution is 2.38. The van der Waals surface area contributed by atoms with Crippen molar-refractivity contribution in [2.75, 3.05) is 0 Å². The summed E-state index contributed by atoms with van der Waals surface area (Å²) in [5.74, 6) is -0.472. The Morgan fingerprint density at radius 1 is 1.26 bits per heavy atom. The number of thioether (sulfide) groups is 1. The highest BCUT2D eigenvalue weighted by molar-refractivity contribution is 8.00. The first kappa shape index (κ1) is 16.1. The predicted octanol–water partition coefficient (Wildman–Crippen LogP) is 3.31. The molecule has 1 rings (SSSR count).